The molecule has 0 rings (SSSR count). The van der Waals surface area contributed by atoms with E-state index in [2.05, 4.69) is 26.3 Å². The molecule has 0 saturated carbocycles. The fourth-order valence-electron chi connectivity index (χ4n) is 3.64. The average molecular weight is 676 g/mol. The Morgan fingerprint density at radius 2 is 1.17 bits per heavy atom. The number of ether oxygens (including phenoxy) is 2. The first-order valence-corrected chi connectivity index (χ1v) is 15.5. The number of aliphatic hydroxyl groups excluding tert-OH is 1. The van der Waals surface area contributed by atoms with Crippen molar-refractivity contribution in [3.05, 3.63) is 0 Å². The Balaban J connectivity index is 4.36. The summed E-state index contributed by atoms with van der Waals surface area (Å²) in [5, 5.41) is 39.1. The molecule has 1 unspecified atom stereocenters. The molecule has 0 aliphatic carbocycles. The van der Waals surface area contributed by atoms with Gasteiger partial charge in [0.2, 0.25) is 12.1 Å². The zero-order chi connectivity index (χ0) is 36.0. The Labute approximate surface area is 275 Å². The minimum absolute atomic E-state index is 0.158. The average Bonchev–Trinajstić information content (AvgIpc) is 2.91. The number of nitrogens with one attached hydrogen (secondary N) is 5. The first kappa shape index (κ1) is 42.6. The summed E-state index contributed by atoms with van der Waals surface area (Å²) in [5.74, 6) is -1.94. The van der Waals surface area contributed by atoms with Crippen LogP contribution in [0, 0.1) is 0 Å². The largest absolute Gasteiger partial charge is 0.465 e. The van der Waals surface area contributed by atoms with Crippen LogP contribution in [0.4, 0.5) is 19.2 Å². The van der Waals surface area contributed by atoms with E-state index in [4.69, 9.17) is 19.7 Å². The van der Waals surface area contributed by atoms with E-state index in [0.717, 1.165) is 0 Å². The molecule has 18 heteroatoms. The van der Waals surface area contributed by atoms with Crippen molar-refractivity contribution in [2.45, 2.75) is 104 Å². The molecule has 0 heterocycles. The van der Waals surface area contributed by atoms with Crippen molar-refractivity contribution in [3.8, 4) is 0 Å². The fraction of sp³-hybridized carbons (Fsp3) is 0.759. The maximum atomic E-state index is 12.5. The van der Waals surface area contributed by atoms with Crippen LogP contribution in [0.15, 0.2) is 4.99 Å². The van der Waals surface area contributed by atoms with Gasteiger partial charge in [-0.1, -0.05) is 12.8 Å². The minimum Gasteiger partial charge on any atom is -0.465 e. The SMILES string of the molecule is CC(C)(C)OC(=O)NC(=NCCCCCCNC(=O)C(O)C(=O)NCCCCN(CCCNC(=O)O)C(=O)OC(C)(C)C)NC(=O)O. The van der Waals surface area contributed by atoms with Gasteiger partial charge >= 0.3 is 24.4 Å². The Morgan fingerprint density at radius 1 is 0.660 bits per heavy atom. The molecule has 0 radical (unpaired) electrons. The standard InChI is InChI=1S/C29H53N7O11/c1-28(2,3)46-26(44)35-23(34-25(42)43)32-16-10-8-7-9-14-30-21(38)20(37)22(39)31-15-11-12-18-36(19-13-17-33-24(40)41)27(45)47-29(4,5)6/h20,33,37H,7-19H2,1-6H3,(H,30,38)(H,31,39)(H,40,41)(H,42,43)(H2,32,34,35,44). The van der Waals surface area contributed by atoms with Gasteiger partial charge in [-0.15, -0.1) is 0 Å². The number of alkyl carbamates (subject to hydrolysis) is 1. The van der Waals surface area contributed by atoms with Crippen LogP contribution >= 0.6 is 0 Å². The van der Waals surface area contributed by atoms with Gasteiger partial charge in [0.25, 0.3) is 11.8 Å². The van der Waals surface area contributed by atoms with Gasteiger partial charge < -0.3 is 45.6 Å². The third-order valence-electron chi connectivity index (χ3n) is 5.68. The molecule has 18 nitrogen and oxygen atoms in total. The zero-order valence-corrected chi connectivity index (χ0v) is 28.3. The summed E-state index contributed by atoms with van der Waals surface area (Å²) in [4.78, 5) is 75.8. The summed E-state index contributed by atoms with van der Waals surface area (Å²) in [5.41, 5.74) is -1.47. The van der Waals surface area contributed by atoms with Crippen molar-refractivity contribution in [1.29, 1.82) is 0 Å². The van der Waals surface area contributed by atoms with Crippen molar-refractivity contribution >= 4 is 42.1 Å². The number of aliphatic imine (C=N–C) groups is 1. The molecule has 0 bridgehead atoms. The molecule has 0 aliphatic rings. The van der Waals surface area contributed by atoms with Crippen LogP contribution < -0.4 is 26.6 Å². The molecule has 6 amide bonds. The van der Waals surface area contributed by atoms with Gasteiger partial charge in [-0.3, -0.25) is 25.2 Å². The van der Waals surface area contributed by atoms with Gasteiger partial charge in [0.1, 0.15) is 11.2 Å². The summed E-state index contributed by atoms with van der Waals surface area (Å²) < 4.78 is 10.5. The Kier molecular flexibility index (Phi) is 20.2. The highest BCUT2D eigenvalue weighted by Gasteiger charge is 2.24. The number of carboxylic acid groups (broad SMARTS) is 2. The highest BCUT2D eigenvalue weighted by molar-refractivity contribution is 6.03. The highest BCUT2D eigenvalue weighted by atomic mass is 16.6. The molecule has 0 aromatic rings. The van der Waals surface area contributed by atoms with Crippen molar-refractivity contribution in [1.82, 2.24) is 31.5 Å². The lowest BCUT2D eigenvalue weighted by molar-refractivity contribution is -0.141. The van der Waals surface area contributed by atoms with E-state index in [1.807, 2.05) is 5.32 Å². The van der Waals surface area contributed by atoms with Crippen LogP contribution in [-0.2, 0) is 19.1 Å². The van der Waals surface area contributed by atoms with E-state index in [9.17, 15) is 33.9 Å². The summed E-state index contributed by atoms with van der Waals surface area (Å²) >= 11 is 0. The first-order valence-electron chi connectivity index (χ1n) is 15.5. The van der Waals surface area contributed by atoms with E-state index in [1.165, 1.54) is 4.90 Å². The number of rotatable bonds is 18. The Morgan fingerprint density at radius 3 is 1.70 bits per heavy atom. The number of guanidine groups is 1. The topological polar surface area (TPSA) is 257 Å². The molecule has 0 aromatic heterocycles. The van der Waals surface area contributed by atoms with E-state index >= 15 is 0 Å². The number of hydrogen-bond donors (Lipinski definition) is 8. The van der Waals surface area contributed by atoms with Gasteiger partial charge in [-0.25, -0.2) is 19.2 Å². The van der Waals surface area contributed by atoms with Crippen LogP contribution in [-0.4, -0.2) is 119 Å². The van der Waals surface area contributed by atoms with E-state index < -0.39 is 53.5 Å². The third kappa shape index (κ3) is 24.5. The number of hydrogen-bond acceptors (Lipinski definition) is 10. The van der Waals surface area contributed by atoms with Crippen LogP contribution in [0.1, 0.15) is 86.5 Å². The molecular weight excluding hydrogens is 622 g/mol. The molecule has 1 atom stereocenters. The number of aliphatic hydroxyl groups is 1. The van der Waals surface area contributed by atoms with Crippen molar-refractivity contribution in [2.24, 2.45) is 4.99 Å². The summed E-state index contributed by atoms with van der Waals surface area (Å²) in [7, 11) is 0. The number of carbonyl (C=O) groups is 6. The second-order valence-electron chi connectivity index (χ2n) is 12.4. The molecule has 0 saturated heterocycles. The van der Waals surface area contributed by atoms with E-state index in [-0.39, 0.29) is 38.7 Å². The Hall–Kier alpha value is -4.35. The summed E-state index contributed by atoms with van der Waals surface area (Å²) in [6.45, 7) is 11.5. The lowest BCUT2D eigenvalue weighted by atomic mass is 10.2. The van der Waals surface area contributed by atoms with Crippen molar-refractivity contribution < 1.29 is 53.6 Å². The molecule has 0 spiro atoms. The van der Waals surface area contributed by atoms with E-state index in [1.54, 1.807) is 41.5 Å². The predicted octanol–water partition coefficient (Wildman–Crippen LogP) is 1.96. The van der Waals surface area contributed by atoms with Crippen LogP contribution in [0.5, 0.6) is 0 Å². The molecule has 8 N–H and O–H groups in total. The van der Waals surface area contributed by atoms with Gasteiger partial charge in [0.15, 0.2) is 0 Å². The van der Waals surface area contributed by atoms with Gasteiger partial charge in [-0.2, -0.15) is 0 Å². The highest BCUT2D eigenvalue weighted by Crippen LogP contribution is 2.11. The Bertz CT molecular complexity index is 1060. The number of carbonyl (C=O) groups excluding carboxylic acids is 4. The van der Waals surface area contributed by atoms with E-state index in [0.29, 0.717) is 51.5 Å². The molecule has 0 aliphatic heterocycles. The van der Waals surface area contributed by atoms with Gasteiger partial charge in [0, 0.05) is 39.3 Å². The van der Waals surface area contributed by atoms with Gasteiger partial charge in [-0.05, 0) is 73.6 Å². The number of nitrogens with zero attached hydrogens (tertiary/aromatic N) is 2. The number of unbranched alkanes of at least 4 members (excludes halogenated alkanes) is 4. The zero-order valence-electron chi connectivity index (χ0n) is 28.3. The normalized spacial score (nSPS) is 12.3. The van der Waals surface area contributed by atoms with Crippen molar-refractivity contribution in [2.75, 3.05) is 39.3 Å². The van der Waals surface area contributed by atoms with Crippen LogP contribution in [0.3, 0.4) is 0 Å². The summed E-state index contributed by atoms with van der Waals surface area (Å²) in [6, 6.07) is 0. The maximum absolute atomic E-state index is 12.5. The predicted molar refractivity (Wildman–Crippen MR) is 171 cm³/mol. The maximum Gasteiger partial charge on any atom is 0.414 e. The molecule has 270 valence electrons. The molecule has 47 heavy (non-hydrogen) atoms. The second kappa shape index (κ2) is 22.2. The number of amides is 6. The van der Waals surface area contributed by atoms with Gasteiger partial charge in [0.05, 0.1) is 0 Å². The van der Waals surface area contributed by atoms with Crippen LogP contribution in [0.25, 0.3) is 0 Å². The monoisotopic (exact) mass is 675 g/mol. The quantitative estimate of drug-likeness (QED) is 0.0451. The first-order chi connectivity index (χ1) is 21.8. The smallest absolute Gasteiger partial charge is 0.414 e. The molecule has 0 fully saturated rings. The van der Waals surface area contributed by atoms with Crippen LogP contribution in [0.2, 0.25) is 0 Å². The third-order valence-corrected chi connectivity index (χ3v) is 5.68. The molecular formula is C29H53N7O11. The fourth-order valence-corrected chi connectivity index (χ4v) is 3.64. The molecule has 0 aromatic carbocycles. The lowest BCUT2D eigenvalue weighted by Crippen LogP contribution is -2.46. The lowest BCUT2D eigenvalue weighted by Gasteiger charge is -2.27. The minimum atomic E-state index is -1.89. The second-order valence-corrected chi connectivity index (χ2v) is 12.4. The summed E-state index contributed by atoms with van der Waals surface area (Å²) in [6.07, 6.45) is -2.02. The van der Waals surface area contributed by atoms with Crippen molar-refractivity contribution in [3.63, 3.8) is 0 Å².